The van der Waals surface area contributed by atoms with E-state index >= 15 is 26.3 Å². The minimum atomic E-state index is -6.20. The highest BCUT2D eigenvalue weighted by atomic mass is 19.4. The van der Waals surface area contributed by atoms with Crippen molar-refractivity contribution in [1.29, 1.82) is 26.3 Å². The van der Waals surface area contributed by atoms with Crippen LogP contribution in [0.2, 0.25) is 0 Å². The summed E-state index contributed by atoms with van der Waals surface area (Å²) in [6.45, 7) is 0. The monoisotopic (exact) mass is 765 g/mol. The molecule has 5 nitrogen and oxygen atoms in total. The largest absolute Gasteiger partial charge is 0.422 e. The van der Waals surface area contributed by atoms with Gasteiger partial charge in [-0.1, -0.05) is 0 Å². The number of allylic oxidation sites excluding steroid dienone is 6. The molecule has 1 fully saturated rings. The van der Waals surface area contributed by atoms with Crippen LogP contribution in [-0.2, 0) is 12.4 Å². The molecule has 0 N–H and O–H groups in total. The second-order valence-corrected chi connectivity index (χ2v) is 9.88. The Kier molecular flexibility index (Phi) is 9.58. The van der Waals surface area contributed by atoms with Crippen LogP contribution >= 0.6 is 0 Å². The number of rotatable bonds is 3. The van der Waals surface area contributed by atoms with Gasteiger partial charge in [-0.3, -0.25) is 0 Å². The third-order valence-corrected chi connectivity index (χ3v) is 7.16. The zero-order chi connectivity index (χ0) is 40.4. The van der Waals surface area contributed by atoms with Crippen LogP contribution in [0.5, 0.6) is 0 Å². The molecule has 53 heavy (non-hydrogen) atoms. The Morgan fingerprint density at radius 3 is 0.792 bits per heavy atom. The van der Waals surface area contributed by atoms with E-state index in [0.717, 1.165) is 18.2 Å². The average molecular weight is 765 g/mol. The topological polar surface area (TPSA) is 119 Å². The van der Waals surface area contributed by atoms with Crippen LogP contribution in [0.3, 0.4) is 0 Å². The number of nitriles is 5. The summed E-state index contributed by atoms with van der Waals surface area (Å²) in [4.78, 5) is 0. The van der Waals surface area contributed by atoms with E-state index in [4.69, 9.17) is 5.26 Å². The molecule has 4 rings (SSSR count). The van der Waals surface area contributed by atoms with Crippen LogP contribution in [0, 0.1) is 121 Å². The van der Waals surface area contributed by atoms with Crippen LogP contribution in [-0.4, -0.2) is 0 Å². The highest BCUT2D eigenvalue weighted by molar-refractivity contribution is 6.12. The molecule has 0 atom stereocenters. The molecular weight excluding hydrogens is 765 g/mol. The highest BCUT2D eigenvalue weighted by Crippen LogP contribution is 2.58. The normalized spacial score (nSPS) is 15.5. The Bertz CT molecular complexity index is 2360. The molecule has 0 bridgehead atoms. The highest BCUT2D eigenvalue weighted by Gasteiger charge is 2.49. The molecular formula is C31F17N5. The Morgan fingerprint density at radius 2 is 0.566 bits per heavy atom. The van der Waals surface area contributed by atoms with Gasteiger partial charge in [0.25, 0.3) is 0 Å². The molecule has 268 valence electrons. The van der Waals surface area contributed by atoms with Crippen molar-refractivity contribution in [2.45, 2.75) is 12.4 Å². The van der Waals surface area contributed by atoms with Crippen molar-refractivity contribution in [2.24, 2.45) is 0 Å². The molecule has 0 radical (unpaired) electrons. The van der Waals surface area contributed by atoms with Crippen LogP contribution in [0.25, 0.3) is 16.7 Å². The maximum absolute atomic E-state index is 15.5. The fourth-order valence-electron chi connectivity index (χ4n) is 4.94. The third-order valence-electron chi connectivity index (χ3n) is 7.16. The quantitative estimate of drug-likeness (QED) is 0.150. The van der Waals surface area contributed by atoms with Gasteiger partial charge in [0.05, 0.1) is 33.4 Å². The molecule has 0 aliphatic heterocycles. The first-order chi connectivity index (χ1) is 24.5. The van der Waals surface area contributed by atoms with E-state index in [1.54, 1.807) is 0 Å². The van der Waals surface area contributed by atoms with Crippen LogP contribution < -0.4 is 0 Å². The molecule has 0 spiro atoms. The number of halogens is 17. The Hall–Kier alpha value is -6.86. The molecule has 3 aromatic carbocycles. The Labute approximate surface area is 280 Å². The van der Waals surface area contributed by atoms with Crippen molar-refractivity contribution >= 4 is 16.7 Å². The molecule has 0 saturated heterocycles. The lowest BCUT2D eigenvalue weighted by molar-refractivity contribution is -0.144. The van der Waals surface area contributed by atoms with Crippen molar-refractivity contribution < 1.29 is 74.6 Å². The van der Waals surface area contributed by atoms with Gasteiger partial charge in [-0.15, -0.1) is 0 Å². The molecule has 0 amide bonds. The first kappa shape index (κ1) is 38.9. The van der Waals surface area contributed by atoms with Crippen LogP contribution in [0.1, 0.15) is 38.9 Å². The molecule has 1 aliphatic rings. The van der Waals surface area contributed by atoms with Gasteiger partial charge in [0.1, 0.15) is 52.6 Å². The predicted molar refractivity (Wildman–Crippen MR) is 136 cm³/mol. The molecule has 0 heterocycles. The van der Waals surface area contributed by atoms with Gasteiger partial charge in [-0.2, -0.15) is 52.7 Å². The number of hydrogen-bond acceptors (Lipinski definition) is 5. The lowest BCUT2D eigenvalue weighted by atomic mass is 9.96. The molecule has 1 saturated carbocycles. The maximum atomic E-state index is 15.5. The van der Waals surface area contributed by atoms with Crippen LogP contribution in [0.4, 0.5) is 74.6 Å². The Morgan fingerprint density at radius 1 is 0.340 bits per heavy atom. The predicted octanol–water partition coefficient (Wildman–Crippen LogP) is 9.24. The summed E-state index contributed by atoms with van der Waals surface area (Å²) in [6.07, 6.45) is -12.4. The zero-order valence-electron chi connectivity index (χ0n) is 24.2. The second kappa shape index (κ2) is 13.0. The van der Waals surface area contributed by atoms with Crippen LogP contribution in [0.15, 0.2) is 16.7 Å². The van der Waals surface area contributed by atoms with Crippen molar-refractivity contribution in [2.75, 3.05) is 0 Å². The van der Waals surface area contributed by atoms with Crippen molar-refractivity contribution in [3.63, 3.8) is 0 Å². The first-order valence-electron chi connectivity index (χ1n) is 12.8. The van der Waals surface area contributed by atoms with E-state index in [1.165, 1.54) is 0 Å². The van der Waals surface area contributed by atoms with E-state index in [-0.39, 0.29) is 0 Å². The summed E-state index contributed by atoms with van der Waals surface area (Å²) in [5, 5.41) is 47.6. The fraction of sp³-hybridized carbons (Fsp3) is 0.0645. The van der Waals surface area contributed by atoms with Gasteiger partial charge in [0.2, 0.25) is 0 Å². The number of nitrogens with zero attached hydrogens (tertiary/aromatic N) is 5. The van der Waals surface area contributed by atoms with E-state index < -0.39 is 149 Å². The summed E-state index contributed by atoms with van der Waals surface area (Å²) >= 11 is 0. The summed E-state index contributed by atoms with van der Waals surface area (Å²) in [7, 11) is 0. The summed E-state index contributed by atoms with van der Waals surface area (Å²) in [6, 6.07) is 4.02. The lowest BCUT2D eigenvalue weighted by Gasteiger charge is -2.14. The zero-order valence-corrected chi connectivity index (χ0v) is 24.2. The van der Waals surface area contributed by atoms with Crippen molar-refractivity contribution in [3.05, 3.63) is 120 Å². The third kappa shape index (κ3) is 5.72. The maximum Gasteiger partial charge on any atom is 0.422 e. The summed E-state index contributed by atoms with van der Waals surface area (Å²) in [5.41, 5.74) is -28.4. The van der Waals surface area contributed by atoms with E-state index in [1.807, 2.05) is 0 Å². The minimum Gasteiger partial charge on any atom is -0.205 e. The average Bonchev–Trinajstić information content (AvgIpc) is 3.79. The molecule has 1 aliphatic carbocycles. The summed E-state index contributed by atoms with van der Waals surface area (Å²) < 4.78 is 243. The first-order valence-corrected chi connectivity index (χ1v) is 12.8. The molecule has 22 heteroatoms. The van der Waals surface area contributed by atoms with E-state index in [9.17, 15) is 69.3 Å². The van der Waals surface area contributed by atoms with Gasteiger partial charge >= 0.3 is 12.4 Å². The number of alkyl halides is 6. The van der Waals surface area contributed by atoms with Crippen molar-refractivity contribution in [1.82, 2.24) is 0 Å². The SMILES string of the molecule is N#CC(=C1C(=C(/C#N)c2c(F)c(F)c(C(F)(F)F)c(F)c2F)/C1=C(/C#N)c1c(F)c(F)c(C(F)(F)F)c(F)c1F)c1c(F)c(F)c(C#N)c(C#N)c1F. The van der Waals surface area contributed by atoms with Gasteiger partial charge in [0, 0.05) is 16.7 Å². The molecule has 0 unspecified atom stereocenters. The minimum absolute atomic E-state index is 0.714. The van der Waals surface area contributed by atoms with E-state index in [2.05, 4.69) is 0 Å². The Balaban J connectivity index is 2.40. The van der Waals surface area contributed by atoms with Gasteiger partial charge in [0.15, 0.2) is 64.0 Å². The number of benzene rings is 3. The molecule has 0 aromatic heterocycles. The van der Waals surface area contributed by atoms with Gasteiger partial charge < -0.3 is 0 Å². The van der Waals surface area contributed by atoms with Gasteiger partial charge in [-0.25, -0.2) is 48.3 Å². The van der Waals surface area contributed by atoms with Gasteiger partial charge in [-0.05, 0) is 0 Å². The standard InChI is InChI=1S/C31F17N5/c32-19-6(1-49)7(2-50)20(33)21(34)14(19)8(3-51)11-12(9(4-52)15-22(35)26(39)17(30(43,44)45)27(40)23(15)36)13(11)10(5-53)16-24(37)28(41)18(31(46,47)48)29(42)25(16)38/b11-8?,12-9-,13-10+. The lowest BCUT2D eigenvalue weighted by Crippen LogP contribution is -2.17. The second-order valence-electron chi connectivity index (χ2n) is 9.88. The van der Waals surface area contributed by atoms with Crippen molar-refractivity contribution in [3.8, 4) is 30.3 Å². The fourth-order valence-corrected chi connectivity index (χ4v) is 4.94. The number of hydrogen-bond donors (Lipinski definition) is 0. The smallest absolute Gasteiger partial charge is 0.205 e. The van der Waals surface area contributed by atoms with E-state index in [0.29, 0.717) is 12.1 Å². The molecule has 3 aromatic rings. The summed E-state index contributed by atoms with van der Waals surface area (Å²) in [5.74, 6) is -33.0.